The highest BCUT2D eigenvalue weighted by molar-refractivity contribution is 6.05. The highest BCUT2D eigenvalue weighted by Gasteiger charge is 2.43. The molecule has 2 aliphatic rings. The lowest BCUT2D eigenvalue weighted by atomic mass is 9.68. The Hall–Kier alpha value is -2.88. The molecule has 0 spiro atoms. The minimum absolute atomic E-state index is 0.106. The molecular weight excluding hydrogens is 386 g/mol. The van der Waals surface area contributed by atoms with Crippen molar-refractivity contribution in [3.05, 3.63) is 70.6 Å². The molecule has 1 atom stereocenters. The highest BCUT2D eigenvalue weighted by Crippen LogP contribution is 2.48. The van der Waals surface area contributed by atoms with Crippen molar-refractivity contribution in [1.29, 1.82) is 0 Å². The van der Waals surface area contributed by atoms with Crippen molar-refractivity contribution in [2.24, 2.45) is 5.41 Å². The van der Waals surface area contributed by atoms with E-state index in [9.17, 15) is 9.59 Å². The smallest absolute Gasteiger partial charge is 0.336 e. The van der Waals surface area contributed by atoms with Crippen LogP contribution in [0, 0.1) is 5.41 Å². The second-order valence-corrected chi connectivity index (χ2v) is 9.49. The fourth-order valence-electron chi connectivity index (χ4n) is 4.91. The van der Waals surface area contributed by atoms with E-state index in [2.05, 4.69) is 44.3 Å². The maximum atomic E-state index is 13.4. The Morgan fingerprint density at radius 3 is 2.65 bits per heavy atom. The molecule has 162 valence electrons. The summed E-state index contributed by atoms with van der Waals surface area (Å²) < 4.78 is 5.64. The van der Waals surface area contributed by atoms with Gasteiger partial charge in [0.1, 0.15) is 0 Å². The van der Waals surface area contributed by atoms with Crippen LogP contribution >= 0.6 is 0 Å². The summed E-state index contributed by atoms with van der Waals surface area (Å²) in [7, 11) is 0. The standard InChI is InChI=1S/C27H31NO3/c1-5-6-14-31-26(30)23-17(2)28-21-15-27(3,4)16-22(29)25(21)24(23)20-13-9-11-18-10-7-8-12-19(18)20/h7-13,24,28H,5-6,14-16H2,1-4H3/t24-/m1/s1. The predicted octanol–water partition coefficient (Wildman–Crippen LogP) is 5.79. The molecular formula is C27H31NO3. The van der Waals surface area contributed by atoms with E-state index in [4.69, 9.17) is 4.74 Å². The molecule has 0 aromatic heterocycles. The first kappa shape index (κ1) is 21.4. The van der Waals surface area contributed by atoms with E-state index in [1.165, 1.54) is 0 Å². The lowest BCUT2D eigenvalue weighted by molar-refractivity contribution is -0.139. The minimum Gasteiger partial charge on any atom is -0.462 e. The van der Waals surface area contributed by atoms with E-state index in [0.29, 0.717) is 18.6 Å². The normalized spacial score (nSPS) is 20.5. The van der Waals surface area contributed by atoms with Gasteiger partial charge < -0.3 is 10.1 Å². The van der Waals surface area contributed by atoms with Gasteiger partial charge >= 0.3 is 5.97 Å². The molecule has 1 aliphatic heterocycles. The molecule has 4 heteroatoms. The van der Waals surface area contributed by atoms with Gasteiger partial charge in [0.25, 0.3) is 0 Å². The zero-order valence-electron chi connectivity index (χ0n) is 18.9. The fourth-order valence-corrected chi connectivity index (χ4v) is 4.91. The molecule has 0 saturated heterocycles. The van der Waals surface area contributed by atoms with Gasteiger partial charge in [-0.1, -0.05) is 69.7 Å². The zero-order chi connectivity index (χ0) is 22.2. The summed E-state index contributed by atoms with van der Waals surface area (Å²) in [6, 6.07) is 14.3. The summed E-state index contributed by atoms with van der Waals surface area (Å²) in [5.41, 5.74) is 3.89. The monoisotopic (exact) mass is 417 g/mol. The van der Waals surface area contributed by atoms with Crippen molar-refractivity contribution in [1.82, 2.24) is 5.32 Å². The summed E-state index contributed by atoms with van der Waals surface area (Å²) >= 11 is 0. The third-order valence-electron chi connectivity index (χ3n) is 6.33. The van der Waals surface area contributed by atoms with Gasteiger partial charge in [-0.2, -0.15) is 0 Å². The highest BCUT2D eigenvalue weighted by atomic mass is 16.5. The summed E-state index contributed by atoms with van der Waals surface area (Å²) in [4.78, 5) is 26.7. The SMILES string of the molecule is CCCCOC(=O)C1=C(C)NC2=C(C(=O)CC(C)(C)C2)[C@@H]1c1cccc2ccccc12. The van der Waals surface area contributed by atoms with Crippen molar-refractivity contribution in [3.8, 4) is 0 Å². The van der Waals surface area contributed by atoms with E-state index >= 15 is 0 Å². The molecule has 0 unspecified atom stereocenters. The molecule has 0 bridgehead atoms. The second-order valence-electron chi connectivity index (χ2n) is 9.49. The van der Waals surface area contributed by atoms with Crippen molar-refractivity contribution in [2.75, 3.05) is 6.61 Å². The topological polar surface area (TPSA) is 55.4 Å². The number of ketones is 1. The lowest BCUT2D eigenvalue weighted by Crippen LogP contribution is -2.38. The third kappa shape index (κ3) is 4.04. The van der Waals surface area contributed by atoms with Gasteiger partial charge in [0, 0.05) is 29.3 Å². The Labute approximate surface area is 184 Å². The van der Waals surface area contributed by atoms with Gasteiger partial charge in [-0.15, -0.1) is 0 Å². The number of dihydropyridines is 1. The fraction of sp³-hybridized carbons (Fsp3) is 0.407. The molecule has 1 heterocycles. The molecule has 0 saturated carbocycles. The van der Waals surface area contributed by atoms with Crippen molar-refractivity contribution in [3.63, 3.8) is 0 Å². The Kier molecular flexibility index (Phi) is 5.74. The van der Waals surface area contributed by atoms with E-state index in [1.54, 1.807) is 0 Å². The molecule has 0 radical (unpaired) electrons. The molecule has 1 aliphatic carbocycles. The number of Topliss-reactive ketones (excluding diaryl/α,β-unsaturated/α-hetero) is 1. The summed E-state index contributed by atoms with van der Waals surface area (Å²) in [5.74, 6) is -0.635. The average Bonchev–Trinajstić information content (AvgIpc) is 2.71. The van der Waals surface area contributed by atoms with Crippen LogP contribution in [0.2, 0.25) is 0 Å². The molecule has 4 rings (SSSR count). The van der Waals surface area contributed by atoms with Crippen LogP contribution in [0.15, 0.2) is 65.0 Å². The van der Waals surface area contributed by atoms with Gasteiger partial charge in [0.2, 0.25) is 0 Å². The van der Waals surface area contributed by atoms with Gasteiger partial charge in [-0.3, -0.25) is 4.79 Å². The third-order valence-corrected chi connectivity index (χ3v) is 6.33. The number of unbranched alkanes of at least 4 members (excludes halogenated alkanes) is 1. The first-order chi connectivity index (χ1) is 14.8. The number of carbonyl (C=O) groups excluding carboxylic acids is 2. The summed E-state index contributed by atoms with van der Waals surface area (Å²) in [6.45, 7) is 8.62. The van der Waals surface area contributed by atoms with E-state index < -0.39 is 5.92 Å². The number of hydrogen-bond acceptors (Lipinski definition) is 4. The maximum absolute atomic E-state index is 13.4. The number of rotatable bonds is 5. The van der Waals surface area contributed by atoms with Gasteiger partial charge in [0.15, 0.2) is 5.78 Å². The van der Waals surface area contributed by atoms with Gasteiger partial charge in [0.05, 0.1) is 12.2 Å². The number of carbonyl (C=O) groups is 2. The number of fused-ring (bicyclic) bond motifs is 1. The molecule has 2 aromatic carbocycles. The van der Waals surface area contributed by atoms with Crippen LogP contribution < -0.4 is 5.32 Å². The first-order valence-electron chi connectivity index (χ1n) is 11.2. The zero-order valence-corrected chi connectivity index (χ0v) is 18.9. The summed E-state index contributed by atoms with van der Waals surface area (Å²) in [6.07, 6.45) is 3.04. The Morgan fingerprint density at radius 2 is 1.87 bits per heavy atom. The number of allylic oxidation sites excluding steroid dienone is 3. The largest absolute Gasteiger partial charge is 0.462 e. The number of benzene rings is 2. The number of hydrogen-bond donors (Lipinski definition) is 1. The molecule has 31 heavy (non-hydrogen) atoms. The minimum atomic E-state index is -0.417. The van der Waals surface area contributed by atoms with Crippen LogP contribution in [0.25, 0.3) is 10.8 Å². The van der Waals surface area contributed by atoms with Crippen LogP contribution in [0.4, 0.5) is 0 Å². The Morgan fingerprint density at radius 1 is 1.13 bits per heavy atom. The van der Waals surface area contributed by atoms with E-state index in [-0.39, 0.29) is 17.2 Å². The number of ether oxygens (including phenoxy) is 1. The average molecular weight is 418 g/mol. The van der Waals surface area contributed by atoms with Crippen molar-refractivity contribution in [2.45, 2.75) is 59.3 Å². The summed E-state index contributed by atoms with van der Waals surface area (Å²) in [5, 5.41) is 5.57. The van der Waals surface area contributed by atoms with E-state index in [1.807, 2.05) is 31.2 Å². The van der Waals surface area contributed by atoms with Crippen molar-refractivity contribution >= 4 is 22.5 Å². The molecule has 0 amide bonds. The predicted molar refractivity (Wildman–Crippen MR) is 123 cm³/mol. The Balaban J connectivity index is 1.89. The molecule has 1 N–H and O–H groups in total. The number of esters is 1. The molecule has 2 aromatic rings. The van der Waals surface area contributed by atoms with Gasteiger partial charge in [-0.25, -0.2) is 4.79 Å². The van der Waals surface area contributed by atoms with E-state index in [0.717, 1.165) is 52.6 Å². The maximum Gasteiger partial charge on any atom is 0.336 e. The first-order valence-corrected chi connectivity index (χ1v) is 11.2. The van der Waals surface area contributed by atoms with Crippen LogP contribution in [-0.4, -0.2) is 18.4 Å². The van der Waals surface area contributed by atoms with Crippen LogP contribution in [0.3, 0.4) is 0 Å². The van der Waals surface area contributed by atoms with Crippen LogP contribution in [-0.2, 0) is 14.3 Å². The lowest BCUT2D eigenvalue weighted by Gasteiger charge is -2.39. The van der Waals surface area contributed by atoms with Crippen LogP contribution in [0.1, 0.15) is 64.9 Å². The Bertz CT molecular complexity index is 1100. The second kappa shape index (κ2) is 8.33. The van der Waals surface area contributed by atoms with Crippen molar-refractivity contribution < 1.29 is 14.3 Å². The molecule has 4 nitrogen and oxygen atoms in total. The quantitative estimate of drug-likeness (QED) is 0.494. The molecule has 0 fully saturated rings. The van der Waals surface area contributed by atoms with Gasteiger partial charge in [-0.05, 0) is 41.5 Å². The number of nitrogens with one attached hydrogen (secondary N) is 1. The van der Waals surface area contributed by atoms with Crippen LogP contribution in [0.5, 0.6) is 0 Å².